The number of rotatable bonds is 6. The third-order valence-electron chi connectivity index (χ3n) is 2.07. The molecule has 0 fully saturated rings. The number of sulfonamides is 1. The first kappa shape index (κ1) is 15.4. The van der Waals surface area contributed by atoms with Gasteiger partial charge in [-0.25, -0.2) is 13.4 Å². The van der Waals surface area contributed by atoms with E-state index in [0.29, 0.717) is 18.7 Å². The van der Waals surface area contributed by atoms with Gasteiger partial charge in [-0.2, -0.15) is 0 Å². The smallest absolute Gasteiger partial charge is 0.233 e. The molecule has 0 radical (unpaired) electrons. The quantitative estimate of drug-likeness (QED) is 0.575. The second-order valence-corrected chi connectivity index (χ2v) is 5.48. The topological polar surface area (TPSA) is 88.5 Å². The average molecular weight is 284 g/mol. The van der Waals surface area contributed by atoms with E-state index in [1.807, 2.05) is 0 Å². The molecule has 0 unspecified atom stereocenters. The van der Waals surface area contributed by atoms with Crippen molar-refractivity contribution in [1.82, 2.24) is 4.98 Å². The van der Waals surface area contributed by atoms with Crippen LogP contribution in [-0.4, -0.2) is 44.6 Å². The van der Waals surface area contributed by atoms with E-state index in [2.05, 4.69) is 21.5 Å². The Morgan fingerprint density at radius 1 is 1.47 bits per heavy atom. The highest BCUT2D eigenvalue weighted by atomic mass is 32.2. The molecule has 6 nitrogen and oxygen atoms in total. The summed E-state index contributed by atoms with van der Waals surface area (Å²) in [5.74, 6) is 5.23. The number of aliphatic hydroxyl groups excluding tert-OH is 1. The molecule has 1 rings (SSSR count). The van der Waals surface area contributed by atoms with Crippen molar-refractivity contribution in [3.63, 3.8) is 0 Å². The van der Waals surface area contributed by atoms with Crippen LogP contribution in [0.5, 0.6) is 0 Å². The molecule has 0 bridgehead atoms. The standard InChI is InChI=1S/C12H16N2O4S/c1-18-9-4-10-19(16,17)14-12-7-2-5-11(13-12)6-3-8-15/h2,5,7,15H,4,8-10H2,1H3,(H,13,14). The first-order valence-electron chi connectivity index (χ1n) is 5.63. The van der Waals surface area contributed by atoms with Crippen LogP contribution in [0.3, 0.4) is 0 Å². The minimum atomic E-state index is -3.43. The van der Waals surface area contributed by atoms with Crippen LogP contribution >= 0.6 is 0 Å². The second kappa shape index (κ2) is 7.74. The Bertz CT molecular complexity index is 561. The Hall–Kier alpha value is -1.62. The Balaban J connectivity index is 2.71. The van der Waals surface area contributed by atoms with E-state index in [9.17, 15) is 8.42 Å². The first-order valence-corrected chi connectivity index (χ1v) is 7.29. The molecule has 0 atom stereocenters. The van der Waals surface area contributed by atoms with Gasteiger partial charge in [0.1, 0.15) is 18.1 Å². The zero-order chi connectivity index (χ0) is 14.1. The largest absolute Gasteiger partial charge is 0.385 e. The normalized spacial score (nSPS) is 10.6. The van der Waals surface area contributed by atoms with Gasteiger partial charge in [0.25, 0.3) is 0 Å². The Morgan fingerprint density at radius 3 is 2.95 bits per heavy atom. The molecule has 0 aliphatic carbocycles. The van der Waals surface area contributed by atoms with Crippen LogP contribution in [0.1, 0.15) is 12.1 Å². The van der Waals surface area contributed by atoms with Crippen molar-refractivity contribution >= 4 is 15.8 Å². The monoisotopic (exact) mass is 284 g/mol. The fraction of sp³-hybridized carbons (Fsp3) is 0.417. The number of aliphatic hydroxyl groups is 1. The highest BCUT2D eigenvalue weighted by Crippen LogP contribution is 2.07. The predicted octanol–water partition coefficient (Wildman–Crippen LogP) is 0.204. The summed E-state index contributed by atoms with van der Waals surface area (Å²) >= 11 is 0. The zero-order valence-corrected chi connectivity index (χ0v) is 11.4. The predicted molar refractivity (Wildman–Crippen MR) is 72.1 cm³/mol. The van der Waals surface area contributed by atoms with Crippen molar-refractivity contribution in [3.05, 3.63) is 23.9 Å². The molecule has 0 amide bonds. The lowest BCUT2D eigenvalue weighted by molar-refractivity contribution is 0.199. The van der Waals surface area contributed by atoms with E-state index < -0.39 is 10.0 Å². The molecular weight excluding hydrogens is 268 g/mol. The molecule has 0 spiro atoms. The lowest BCUT2D eigenvalue weighted by Crippen LogP contribution is -2.18. The number of ether oxygens (including phenoxy) is 1. The number of hydrogen-bond acceptors (Lipinski definition) is 5. The summed E-state index contributed by atoms with van der Waals surface area (Å²) in [6.45, 7) is 0.116. The van der Waals surface area contributed by atoms with Crippen LogP contribution < -0.4 is 4.72 Å². The van der Waals surface area contributed by atoms with Crippen molar-refractivity contribution in [2.75, 3.05) is 30.8 Å². The van der Waals surface area contributed by atoms with E-state index in [0.717, 1.165) is 0 Å². The van der Waals surface area contributed by atoms with Gasteiger partial charge in [0.15, 0.2) is 0 Å². The summed E-state index contributed by atoms with van der Waals surface area (Å²) in [6.07, 6.45) is 0.413. The Morgan fingerprint density at radius 2 is 2.26 bits per heavy atom. The van der Waals surface area contributed by atoms with Crippen LogP contribution in [0.25, 0.3) is 0 Å². The molecule has 0 saturated carbocycles. The molecule has 0 aliphatic heterocycles. The van der Waals surface area contributed by atoms with E-state index in [1.54, 1.807) is 12.1 Å². The van der Waals surface area contributed by atoms with E-state index >= 15 is 0 Å². The van der Waals surface area contributed by atoms with Crippen LogP contribution in [0, 0.1) is 11.8 Å². The summed E-state index contributed by atoms with van der Waals surface area (Å²) < 4.78 is 30.6. The van der Waals surface area contributed by atoms with Crippen LogP contribution in [0.15, 0.2) is 18.2 Å². The maximum Gasteiger partial charge on any atom is 0.233 e. The number of methoxy groups -OCH3 is 1. The molecule has 1 aromatic rings. The van der Waals surface area contributed by atoms with Crippen molar-refractivity contribution < 1.29 is 18.3 Å². The van der Waals surface area contributed by atoms with Gasteiger partial charge in [-0.15, -0.1) is 0 Å². The Kier molecular flexibility index (Phi) is 6.29. The summed E-state index contributed by atoms with van der Waals surface area (Å²) in [6, 6.07) is 4.81. The van der Waals surface area contributed by atoms with Gasteiger partial charge in [-0.3, -0.25) is 4.72 Å². The van der Waals surface area contributed by atoms with Gasteiger partial charge in [0.2, 0.25) is 10.0 Å². The molecular formula is C12H16N2O4S. The van der Waals surface area contributed by atoms with Gasteiger partial charge in [-0.05, 0) is 24.5 Å². The van der Waals surface area contributed by atoms with Gasteiger partial charge < -0.3 is 9.84 Å². The van der Waals surface area contributed by atoms with Gasteiger partial charge in [0.05, 0.1) is 5.75 Å². The molecule has 7 heteroatoms. The number of anilines is 1. The second-order valence-electron chi connectivity index (χ2n) is 3.64. The maximum absolute atomic E-state index is 11.7. The molecule has 1 aromatic heterocycles. The van der Waals surface area contributed by atoms with Crippen molar-refractivity contribution in [3.8, 4) is 11.8 Å². The minimum absolute atomic E-state index is 0.0327. The molecule has 0 aromatic carbocycles. The molecule has 0 aliphatic rings. The molecule has 2 N–H and O–H groups in total. The lowest BCUT2D eigenvalue weighted by Gasteiger charge is -2.07. The molecule has 104 valence electrons. The molecule has 19 heavy (non-hydrogen) atoms. The highest BCUT2D eigenvalue weighted by Gasteiger charge is 2.10. The minimum Gasteiger partial charge on any atom is -0.385 e. The van der Waals surface area contributed by atoms with Crippen LogP contribution in [-0.2, 0) is 14.8 Å². The Labute approximate surface area is 112 Å². The maximum atomic E-state index is 11.7. The first-order chi connectivity index (χ1) is 9.07. The number of nitrogens with zero attached hydrogens (tertiary/aromatic N) is 1. The van der Waals surface area contributed by atoms with Gasteiger partial charge in [0, 0.05) is 13.7 Å². The summed E-state index contributed by atoms with van der Waals surface area (Å²) in [5, 5.41) is 8.58. The van der Waals surface area contributed by atoms with Crippen molar-refractivity contribution in [2.45, 2.75) is 6.42 Å². The van der Waals surface area contributed by atoms with Crippen molar-refractivity contribution in [2.24, 2.45) is 0 Å². The summed E-state index contributed by atoms with van der Waals surface area (Å²) in [4.78, 5) is 4.02. The lowest BCUT2D eigenvalue weighted by atomic mass is 10.3. The summed E-state index contributed by atoms with van der Waals surface area (Å²) in [7, 11) is -1.92. The molecule has 1 heterocycles. The number of aromatic nitrogens is 1. The SMILES string of the molecule is COCCCS(=O)(=O)Nc1cccc(C#CCO)n1. The zero-order valence-electron chi connectivity index (χ0n) is 10.6. The third kappa shape index (κ3) is 6.20. The van der Waals surface area contributed by atoms with Crippen LogP contribution in [0.4, 0.5) is 5.82 Å². The number of pyridine rings is 1. The summed E-state index contributed by atoms with van der Waals surface area (Å²) in [5.41, 5.74) is 0.395. The highest BCUT2D eigenvalue weighted by molar-refractivity contribution is 7.92. The van der Waals surface area contributed by atoms with Gasteiger partial charge in [-0.1, -0.05) is 12.0 Å². The van der Waals surface area contributed by atoms with E-state index in [1.165, 1.54) is 13.2 Å². The average Bonchev–Trinajstić information content (AvgIpc) is 2.36. The van der Waals surface area contributed by atoms with Crippen LogP contribution in [0.2, 0.25) is 0 Å². The number of nitrogens with one attached hydrogen (secondary N) is 1. The van der Waals surface area contributed by atoms with E-state index in [4.69, 9.17) is 9.84 Å². The van der Waals surface area contributed by atoms with Crippen molar-refractivity contribution in [1.29, 1.82) is 0 Å². The third-order valence-corrected chi connectivity index (χ3v) is 3.41. The fourth-order valence-electron chi connectivity index (χ4n) is 1.29. The fourth-order valence-corrected chi connectivity index (χ4v) is 2.33. The molecule has 0 saturated heterocycles. The van der Waals surface area contributed by atoms with Gasteiger partial charge >= 0.3 is 0 Å². The number of hydrogen-bond donors (Lipinski definition) is 2. The van der Waals surface area contributed by atoms with E-state index in [-0.39, 0.29) is 18.2 Å².